The summed E-state index contributed by atoms with van der Waals surface area (Å²) in [6, 6.07) is 11.9. The standard InChI is InChI=1S/C15H12ClIN2O3/c16-12-3-1-2-4-14(12)22-9-15(21)19-18-8-10-7-11(17)5-6-13(10)20/h1-8,20H,9H2,(H,19,21)/b18-8-. The molecule has 2 aromatic rings. The second kappa shape index (κ2) is 8.00. The summed E-state index contributed by atoms with van der Waals surface area (Å²) < 4.78 is 6.23. The van der Waals surface area contributed by atoms with E-state index in [4.69, 9.17) is 16.3 Å². The summed E-state index contributed by atoms with van der Waals surface area (Å²) in [6.45, 7) is -0.209. The largest absolute Gasteiger partial charge is 0.507 e. The molecule has 2 rings (SSSR count). The molecule has 0 aromatic heterocycles. The minimum Gasteiger partial charge on any atom is -0.507 e. The average Bonchev–Trinajstić information content (AvgIpc) is 2.50. The number of hydrogen-bond donors (Lipinski definition) is 2. The number of ether oxygens (including phenoxy) is 1. The van der Waals surface area contributed by atoms with Gasteiger partial charge in [-0.05, 0) is 52.9 Å². The molecule has 0 bridgehead atoms. The third-order valence-electron chi connectivity index (χ3n) is 2.58. The summed E-state index contributed by atoms with van der Waals surface area (Å²) >= 11 is 8.03. The molecule has 0 spiro atoms. The van der Waals surface area contributed by atoms with Crippen molar-refractivity contribution in [2.45, 2.75) is 0 Å². The first kappa shape index (κ1) is 16.6. The monoisotopic (exact) mass is 430 g/mol. The number of aromatic hydroxyl groups is 1. The molecule has 114 valence electrons. The van der Waals surface area contributed by atoms with Crippen LogP contribution in [0.5, 0.6) is 11.5 Å². The molecule has 0 radical (unpaired) electrons. The molecule has 0 saturated carbocycles. The van der Waals surface area contributed by atoms with Gasteiger partial charge in [0.05, 0.1) is 11.2 Å². The van der Waals surface area contributed by atoms with Gasteiger partial charge in [-0.3, -0.25) is 4.79 Å². The number of nitrogens with one attached hydrogen (secondary N) is 1. The number of rotatable bonds is 5. The van der Waals surface area contributed by atoms with Gasteiger partial charge in [0.25, 0.3) is 5.91 Å². The fraction of sp³-hybridized carbons (Fsp3) is 0.0667. The van der Waals surface area contributed by atoms with Gasteiger partial charge in [-0.2, -0.15) is 5.10 Å². The molecule has 0 aliphatic heterocycles. The fourth-order valence-corrected chi connectivity index (χ4v) is 2.25. The molecule has 2 aromatic carbocycles. The predicted molar refractivity (Wildman–Crippen MR) is 93.5 cm³/mol. The number of phenols is 1. The van der Waals surface area contributed by atoms with E-state index in [0.717, 1.165) is 3.57 Å². The van der Waals surface area contributed by atoms with E-state index in [-0.39, 0.29) is 12.4 Å². The maximum absolute atomic E-state index is 11.6. The highest BCUT2D eigenvalue weighted by Gasteiger charge is 2.04. The van der Waals surface area contributed by atoms with E-state index in [1.165, 1.54) is 6.21 Å². The molecule has 0 unspecified atom stereocenters. The zero-order valence-corrected chi connectivity index (χ0v) is 14.2. The lowest BCUT2D eigenvalue weighted by Gasteiger charge is -2.06. The first-order valence-corrected chi connectivity index (χ1v) is 7.69. The Labute approximate surface area is 146 Å². The Morgan fingerprint density at radius 3 is 2.91 bits per heavy atom. The Morgan fingerprint density at radius 1 is 1.36 bits per heavy atom. The molecular weight excluding hydrogens is 419 g/mol. The lowest BCUT2D eigenvalue weighted by atomic mass is 10.2. The highest BCUT2D eigenvalue weighted by atomic mass is 127. The molecule has 0 saturated heterocycles. The van der Waals surface area contributed by atoms with E-state index in [2.05, 4.69) is 33.1 Å². The van der Waals surface area contributed by atoms with Crippen LogP contribution in [0, 0.1) is 3.57 Å². The normalized spacial score (nSPS) is 10.6. The van der Waals surface area contributed by atoms with Crippen LogP contribution in [0.2, 0.25) is 5.02 Å². The number of amides is 1. The number of para-hydroxylation sites is 1. The molecule has 5 nitrogen and oxygen atoms in total. The Bertz CT molecular complexity index is 707. The van der Waals surface area contributed by atoms with Crippen molar-refractivity contribution < 1.29 is 14.6 Å². The quantitative estimate of drug-likeness (QED) is 0.435. The van der Waals surface area contributed by atoms with E-state index < -0.39 is 5.91 Å². The van der Waals surface area contributed by atoms with Gasteiger partial charge in [0.2, 0.25) is 0 Å². The SMILES string of the molecule is O=C(COc1ccccc1Cl)N/N=C\c1cc(I)ccc1O. The maximum Gasteiger partial charge on any atom is 0.277 e. The van der Waals surface area contributed by atoms with Crippen molar-refractivity contribution in [1.29, 1.82) is 0 Å². The van der Waals surface area contributed by atoms with Crippen molar-refractivity contribution in [3.05, 3.63) is 56.6 Å². The molecule has 2 N–H and O–H groups in total. The summed E-state index contributed by atoms with van der Waals surface area (Å²) in [7, 11) is 0. The molecule has 0 fully saturated rings. The zero-order chi connectivity index (χ0) is 15.9. The average molecular weight is 431 g/mol. The molecular formula is C15H12ClIN2O3. The van der Waals surface area contributed by atoms with Crippen LogP contribution in [0.25, 0.3) is 0 Å². The molecule has 0 aliphatic rings. The van der Waals surface area contributed by atoms with Crippen LogP contribution in [0.3, 0.4) is 0 Å². The second-order valence-electron chi connectivity index (χ2n) is 4.22. The topological polar surface area (TPSA) is 70.9 Å². The Hall–Kier alpha value is -1.80. The second-order valence-corrected chi connectivity index (χ2v) is 5.87. The number of carbonyl (C=O) groups excluding carboxylic acids is 1. The molecule has 22 heavy (non-hydrogen) atoms. The molecule has 7 heteroatoms. The van der Waals surface area contributed by atoms with Crippen LogP contribution in [-0.2, 0) is 4.79 Å². The van der Waals surface area contributed by atoms with Gasteiger partial charge in [0, 0.05) is 9.13 Å². The highest BCUT2D eigenvalue weighted by Crippen LogP contribution is 2.22. The molecule has 1 amide bonds. The van der Waals surface area contributed by atoms with Gasteiger partial charge in [0.1, 0.15) is 11.5 Å². The number of nitrogens with zero attached hydrogens (tertiary/aromatic N) is 1. The summed E-state index contributed by atoms with van der Waals surface area (Å²) in [5.41, 5.74) is 2.83. The van der Waals surface area contributed by atoms with E-state index in [9.17, 15) is 9.90 Å². The fourth-order valence-electron chi connectivity index (χ4n) is 1.54. The smallest absolute Gasteiger partial charge is 0.277 e. The van der Waals surface area contributed by atoms with Crippen LogP contribution in [0.4, 0.5) is 0 Å². The molecule has 0 atom stereocenters. The number of phenolic OH excluding ortho intramolecular Hbond substituents is 1. The van der Waals surface area contributed by atoms with Gasteiger partial charge < -0.3 is 9.84 Å². The molecule has 0 heterocycles. The Balaban J connectivity index is 1.86. The zero-order valence-electron chi connectivity index (χ0n) is 11.3. The van der Waals surface area contributed by atoms with E-state index in [1.807, 2.05) is 0 Å². The van der Waals surface area contributed by atoms with E-state index in [1.54, 1.807) is 42.5 Å². The number of benzene rings is 2. The van der Waals surface area contributed by atoms with Gasteiger partial charge in [-0.25, -0.2) is 5.43 Å². The van der Waals surface area contributed by atoms with Crippen LogP contribution >= 0.6 is 34.2 Å². The molecule has 0 aliphatic carbocycles. The van der Waals surface area contributed by atoms with E-state index >= 15 is 0 Å². The summed E-state index contributed by atoms with van der Waals surface area (Å²) in [5.74, 6) is 0.0885. The van der Waals surface area contributed by atoms with Gasteiger partial charge >= 0.3 is 0 Å². The van der Waals surface area contributed by atoms with Crippen LogP contribution < -0.4 is 10.2 Å². The van der Waals surface area contributed by atoms with Gasteiger partial charge in [-0.15, -0.1) is 0 Å². The van der Waals surface area contributed by atoms with Crippen LogP contribution in [0.1, 0.15) is 5.56 Å². The number of hydrogen-bond acceptors (Lipinski definition) is 4. The summed E-state index contributed by atoms with van der Waals surface area (Å²) in [5, 5.41) is 13.8. The lowest BCUT2D eigenvalue weighted by molar-refractivity contribution is -0.123. The van der Waals surface area contributed by atoms with Crippen molar-refractivity contribution in [1.82, 2.24) is 5.43 Å². The summed E-state index contributed by atoms with van der Waals surface area (Å²) in [4.78, 5) is 11.6. The highest BCUT2D eigenvalue weighted by molar-refractivity contribution is 14.1. The Morgan fingerprint density at radius 2 is 2.14 bits per heavy atom. The minimum atomic E-state index is -0.429. The van der Waals surface area contributed by atoms with Crippen molar-refractivity contribution in [3.63, 3.8) is 0 Å². The number of hydrazone groups is 1. The third-order valence-corrected chi connectivity index (χ3v) is 3.56. The van der Waals surface area contributed by atoms with Crippen molar-refractivity contribution in [3.8, 4) is 11.5 Å². The first-order chi connectivity index (χ1) is 10.6. The number of halogens is 2. The minimum absolute atomic E-state index is 0.0886. The number of carbonyl (C=O) groups is 1. The lowest BCUT2D eigenvalue weighted by Crippen LogP contribution is -2.24. The Kier molecular flexibility index (Phi) is 6.02. The van der Waals surface area contributed by atoms with Crippen LogP contribution in [0.15, 0.2) is 47.6 Å². The predicted octanol–water partition coefficient (Wildman–Crippen LogP) is 3.18. The van der Waals surface area contributed by atoms with Crippen molar-refractivity contribution in [2.24, 2.45) is 5.10 Å². The van der Waals surface area contributed by atoms with Crippen molar-refractivity contribution in [2.75, 3.05) is 6.61 Å². The van der Waals surface area contributed by atoms with Crippen molar-refractivity contribution >= 4 is 46.3 Å². The van der Waals surface area contributed by atoms with E-state index in [0.29, 0.717) is 16.3 Å². The van der Waals surface area contributed by atoms with Gasteiger partial charge in [0.15, 0.2) is 6.61 Å². The van der Waals surface area contributed by atoms with Crippen LogP contribution in [-0.4, -0.2) is 23.8 Å². The summed E-state index contributed by atoms with van der Waals surface area (Å²) in [6.07, 6.45) is 1.37. The first-order valence-electron chi connectivity index (χ1n) is 6.24. The third kappa shape index (κ3) is 4.88. The maximum atomic E-state index is 11.6. The van der Waals surface area contributed by atoms with Gasteiger partial charge in [-0.1, -0.05) is 23.7 Å².